The number of nitrogens with two attached hydrogens (primary N) is 1. The first-order valence-corrected chi connectivity index (χ1v) is 9.80. The van der Waals surface area contributed by atoms with Crippen LogP contribution < -0.4 is 20.9 Å². The van der Waals surface area contributed by atoms with Crippen molar-refractivity contribution in [2.24, 2.45) is 0 Å². The number of nitrogens with zero attached hydrogens (tertiary/aromatic N) is 4. The smallest absolute Gasteiger partial charge is 0.294 e. The van der Waals surface area contributed by atoms with E-state index in [2.05, 4.69) is 10.2 Å². The molecule has 10 heteroatoms. The number of benzene rings is 1. The number of ether oxygens (including phenoxy) is 2. The maximum atomic E-state index is 12.9. The molecular weight excluding hydrogens is 382 g/mol. The van der Waals surface area contributed by atoms with Gasteiger partial charge >= 0.3 is 0 Å². The van der Waals surface area contributed by atoms with Gasteiger partial charge in [0.2, 0.25) is 11.1 Å². The molecule has 0 saturated carbocycles. The van der Waals surface area contributed by atoms with Gasteiger partial charge in [0.25, 0.3) is 5.56 Å². The van der Waals surface area contributed by atoms with Gasteiger partial charge in [0.05, 0.1) is 26.0 Å². The molecule has 2 N–H and O–H groups in total. The molecule has 1 amide bonds. The number of hydrogen-bond acceptors (Lipinski definition) is 8. The Bertz CT molecular complexity index is 933. The Labute approximate surface area is 166 Å². The number of carbonyl (C=O) groups excluding carboxylic acids is 1. The van der Waals surface area contributed by atoms with Crippen LogP contribution in [0.3, 0.4) is 0 Å². The minimum Gasteiger partial charge on any atom is -0.497 e. The monoisotopic (exact) mass is 405 g/mol. The zero-order chi connectivity index (χ0) is 20.3. The fourth-order valence-corrected chi connectivity index (χ4v) is 4.00. The third-order valence-electron chi connectivity index (χ3n) is 4.71. The summed E-state index contributed by atoms with van der Waals surface area (Å²) in [6, 6.07) is 5.49. The van der Waals surface area contributed by atoms with Gasteiger partial charge in [-0.1, -0.05) is 11.8 Å². The number of hydrogen-bond donors (Lipinski definition) is 1. The summed E-state index contributed by atoms with van der Waals surface area (Å²) in [5.41, 5.74) is 0.705. The fourth-order valence-electron chi connectivity index (χ4n) is 3.27. The molecule has 1 saturated heterocycles. The summed E-state index contributed by atoms with van der Waals surface area (Å²) >= 11 is 1.10. The van der Waals surface area contributed by atoms with Crippen molar-refractivity contribution in [2.75, 3.05) is 32.4 Å². The lowest BCUT2D eigenvalue weighted by atomic mass is 10.0. The molecule has 9 nitrogen and oxygen atoms in total. The SMILES string of the molecule is COc1ccc(OC)c([C@H]2CCCN2C(=O)CSc2nnc(C)c(=O)n2N)c1. The van der Waals surface area contributed by atoms with Gasteiger partial charge in [-0.2, -0.15) is 4.68 Å². The number of likely N-dealkylation sites (tertiary alicyclic amines) is 1. The van der Waals surface area contributed by atoms with Crippen LogP contribution in [0, 0.1) is 6.92 Å². The highest BCUT2D eigenvalue weighted by atomic mass is 32.2. The van der Waals surface area contributed by atoms with Crippen LogP contribution in [0.2, 0.25) is 0 Å². The topological polar surface area (TPSA) is 113 Å². The van der Waals surface area contributed by atoms with Gasteiger partial charge in [-0.05, 0) is 38.0 Å². The Morgan fingerprint density at radius 3 is 2.82 bits per heavy atom. The maximum absolute atomic E-state index is 12.9. The van der Waals surface area contributed by atoms with E-state index in [0.717, 1.165) is 40.6 Å². The fraction of sp³-hybridized carbons (Fsp3) is 0.444. The van der Waals surface area contributed by atoms with Crippen LogP contribution >= 0.6 is 11.8 Å². The highest BCUT2D eigenvalue weighted by Crippen LogP contribution is 2.39. The van der Waals surface area contributed by atoms with Crippen molar-refractivity contribution in [3.63, 3.8) is 0 Å². The first-order chi connectivity index (χ1) is 13.5. The van der Waals surface area contributed by atoms with E-state index in [1.54, 1.807) is 14.2 Å². The number of aromatic nitrogens is 3. The minimum absolute atomic E-state index is 0.0628. The van der Waals surface area contributed by atoms with Crippen LogP contribution in [0.5, 0.6) is 11.5 Å². The van der Waals surface area contributed by atoms with Gasteiger partial charge in [0.15, 0.2) is 0 Å². The zero-order valence-corrected chi connectivity index (χ0v) is 16.9. The molecule has 1 aromatic heterocycles. The predicted molar refractivity (Wildman–Crippen MR) is 105 cm³/mol. The van der Waals surface area contributed by atoms with Crippen molar-refractivity contribution >= 4 is 17.7 Å². The number of amides is 1. The van der Waals surface area contributed by atoms with E-state index >= 15 is 0 Å². The second-order valence-electron chi connectivity index (χ2n) is 6.38. The Morgan fingerprint density at radius 1 is 1.32 bits per heavy atom. The van der Waals surface area contributed by atoms with Gasteiger partial charge in [0.1, 0.15) is 17.2 Å². The van der Waals surface area contributed by atoms with E-state index in [9.17, 15) is 9.59 Å². The molecule has 2 heterocycles. The minimum atomic E-state index is -0.426. The summed E-state index contributed by atoms with van der Waals surface area (Å²) in [6.45, 7) is 2.19. The third kappa shape index (κ3) is 3.91. The molecule has 0 aliphatic carbocycles. The Kier molecular flexibility index (Phi) is 6.08. The van der Waals surface area contributed by atoms with Crippen LogP contribution in [-0.2, 0) is 4.79 Å². The van der Waals surface area contributed by atoms with Gasteiger partial charge in [-0.25, -0.2) is 0 Å². The molecule has 1 atom stereocenters. The van der Waals surface area contributed by atoms with Crippen molar-refractivity contribution in [3.05, 3.63) is 39.8 Å². The van der Waals surface area contributed by atoms with Crippen LogP contribution in [0.1, 0.15) is 30.1 Å². The van der Waals surface area contributed by atoms with E-state index in [-0.39, 0.29) is 28.6 Å². The van der Waals surface area contributed by atoms with Crippen molar-refractivity contribution in [2.45, 2.75) is 31.0 Å². The van der Waals surface area contributed by atoms with Crippen LogP contribution in [0.4, 0.5) is 0 Å². The summed E-state index contributed by atoms with van der Waals surface area (Å²) in [6.07, 6.45) is 1.74. The lowest BCUT2D eigenvalue weighted by Gasteiger charge is -2.26. The first kappa shape index (κ1) is 20.0. The van der Waals surface area contributed by atoms with Gasteiger partial charge < -0.3 is 20.2 Å². The average molecular weight is 405 g/mol. The van der Waals surface area contributed by atoms with Gasteiger partial charge in [-0.3, -0.25) is 9.59 Å². The number of thioether (sulfide) groups is 1. The maximum Gasteiger partial charge on any atom is 0.294 e. The Morgan fingerprint density at radius 2 is 2.11 bits per heavy atom. The van der Waals surface area contributed by atoms with E-state index in [0.29, 0.717) is 12.3 Å². The normalized spacial score (nSPS) is 16.2. The van der Waals surface area contributed by atoms with E-state index in [1.807, 2.05) is 23.1 Å². The number of rotatable bonds is 6. The molecule has 150 valence electrons. The van der Waals surface area contributed by atoms with E-state index in [1.165, 1.54) is 6.92 Å². The van der Waals surface area contributed by atoms with Gasteiger partial charge in [-0.15, -0.1) is 10.2 Å². The molecule has 3 rings (SSSR count). The van der Waals surface area contributed by atoms with Crippen LogP contribution in [0.25, 0.3) is 0 Å². The second-order valence-corrected chi connectivity index (χ2v) is 7.33. The summed E-state index contributed by atoms with van der Waals surface area (Å²) in [5.74, 6) is 7.22. The zero-order valence-electron chi connectivity index (χ0n) is 16.0. The average Bonchev–Trinajstić information content (AvgIpc) is 3.20. The number of methoxy groups -OCH3 is 2. The molecule has 1 fully saturated rings. The van der Waals surface area contributed by atoms with Gasteiger partial charge in [0, 0.05) is 12.1 Å². The Hall–Kier alpha value is -2.75. The second kappa shape index (κ2) is 8.51. The van der Waals surface area contributed by atoms with Crippen molar-refractivity contribution < 1.29 is 14.3 Å². The lowest BCUT2D eigenvalue weighted by molar-refractivity contribution is -0.129. The van der Waals surface area contributed by atoms with E-state index < -0.39 is 5.56 Å². The molecule has 2 aromatic rings. The van der Waals surface area contributed by atoms with Crippen molar-refractivity contribution in [1.82, 2.24) is 19.8 Å². The molecule has 0 spiro atoms. The number of carbonyl (C=O) groups is 1. The molecule has 1 aliphatic rings. The molecule has 1 aliphatic heterocycles. The molecule has 1 aromatic carbocycles. The largest absolute Gasteiger partial charge is 0.497 e. The van der Waals surface area contributed by atoms with Crippen molar-refractivity contribution in [1.29, 1.82) is 0 Å². The molecule has 0 radical (unpaired) electrons. The summed E-state index contributed by atoms with van der Waals surface area (Å²) in [4.78, 5) is 26.6. The number of nitrogen functional groups attached to an aromatic ring is 1. The summed E-state index contributed by atoms with van der Waals surface area (Å²) < 4.78 is 11.7. The standard InChI is InChI=1S/C18H23N5O4S/c1-11-17(25)23(19)18(21-20-11)28-10-16(24)22-8-4-5-14(22)13-9-12(26-2)6-7-15(13)27-3/h6-7,9,14H,4-5,8,10,19H2,1-3H3/t14-/m1/s1. The van der Waals surface area contributed by atoms with Crippen LogP contribution in [0.15, 0.2) is 28.2 Å². The van der Waals surface area contributed by atoms with Crippen molar-refractivity contribution in [3.8, 4) is 11.5 Å². The summed E-state index contributed by atoms with van der Waals surface area (Å²) in [7, 11) is 3.22. The molecular formula is C18H23N5O4S. The lowest BCUT2D eigenvalue weighted by Crippen LogP contribution is -2.34. The van der Waals surface area contributed by atoms with Crippen LogP contribution in [-0.4, -0.2) is 52.2 Å². The highest BCUT2D eigenvalue weighted by molar-refractivity contribution is 7.99. The first-order valence-electron chi connectivity index (χ1n) is 8.81. The molecule has 0 unspecified atom stereocenters. The van der Waals surface area contributed by atoms with E-state index in [4.69, 9.17) is 15.3 Å². The molecule has 28 heavy (non-hydrogen) atoms. The highest BCUT2D eigenvalue weighted by Gasteiger charge is 2.32. The number of aryl methyl sites for hydroxylation is 1. The third-order valence-corrected chi connectivity index (χ3v) is 5.64. The predicted octanol–water partition coefficient (Wildman–Crippen LogP) is 1.13. The Balaban J connectivity index is 1.77. The molecule has 0 bridgehead atoms. The summed E-state index contributed by atoms with van der Waals surface area (Å²) in [5, 5.41) is 7.89. The quantitative estimate of drug-likeness (QED) is 0.562.